The molecular weight excluding hydrogens is 369 g/mol. The minimum absolute atomic E-state index is 0.187. The Morgan fingerprint density at radius 2 is 1.73 bits per heavy atom. The number of rotatable bonds is 5. The maximum Gasteiger partial charge on any atom is 0.255 e. The molecule has 3 aromatic carbocycles. The standard InChI is InChI=1S/C21H17Cl2NO2/c1-14-12-17(22)8-11-20(14)24-21(25)15-6-9-18(10-7-15)26-13-16-4-2-3-5-19(16)23/h2-12H,13H2,1H3,(H,24,25). The molecular formula is C21H17Cl2NO2. The summed E-state index contributed by atoms with van der Waals surface area (Å²) in [5.41, 5.74) is 3.10. The molecule has 0 aromatic heterocycles. The van der Waals surface area contributed by atoms with Gasteiger partial charge in [-0.2, -0.15) is 0 Å². The molecule has 5 heteroatoms. The molecule has 3 rings (SSSR count). The molecule has 0 aliphatic heterocycles. The fourth-order valence-electron chi connectivity index (χ4n) is 2.44. The van der Waals surface area contributed by atoms with Crippen LogP contribution in [0.25, 0.3) is 0 Å². The van der Waals surface area contributed by atoms with Crippen molar-refractivity contribution in [2.45, 2.75) is 13.5 Å². The molecule has 0 fully saturated rings. The van der Waals surface area contributed by atoms with E-state index >= 15 is 0 Å². The molecule has 0 spiro atoms. The van der Waals surface area contributed by atoms with Crippen molar-refractivity contribution < 1.29 is 9.53 Å². The lowest BCUT2D eigenvalue weighted by atomic mass is 10.1. The van der Waals surface area contributed by atoms with Crippen LogP contribution in [0.3, 0.4) is 0 Å². The molecule has 0 radical (unpaired) electrons. The van der Waals surface area contributed by atoms with Crippen molar-refractivity contribution in [1.29, 1.82) is 0 Å². The molecule has 26 heavy (non-hydrogen) atoms. The quantitative estimate of drug-likeness (QED) is 0.573. The topological polar surface area (TPSA) is 38.3 Å². The summed E-state index contributed by atoms with van der Waals surface area (Å²) >= 11 is 12.1. The predicted octanol–water partition coefficient (Wildman–Crippen LogP) is 6.13. The number of hydrogen-bond acceptors (Lipinski definition) is 2. The Hall–Kier alpha value is -2.49. The van der Waals surface area contributed by atoms with Crippen LogP contribution in [-0.4, -0.2) is 5.91 Å². The summed E-state index contributed by atoms with van der Waals surface area (Å²) in [6.45, 7) is 2.27. The van der Waals surface area contributed by atoms with Gasteiger partial charge in [0.15, 0.2) is 0 Å². The first-order chi connectivity index (χ1) is 12.5. The van der Waals surface area contributed by atoms with Crippen LogP contribution < -0.4 is 10.1 Å². The molecule has 132 valence electrons. The summed E-state index contributed by atoms with van der Waals surface area (Å²) in [4.78, 5) is 12.4. The molecule has 1 amide bonds. The van der Waals surface area contributed by atoms with Gasteiger partial charge in [-0.05, 0) is 61.0 Å². The number of hydrogen-bond donors (Lipinski definition) is 1. The number of halogens is 2. The van der Waals surface area contributed by atoms with Crippen LogP contribution in [0.15, 0.2) is 66.7 Å². The lowest BCUT2D eigenvalue weighted by Gasteiger charge is -2.10. The maximum absolute atomic E-state index is 12.4. The van der Waals surface area contributed by atoms with Crippen LogP contribution in [0.4, 0.5) is 5.69 Å². The average molecular weight is 386 g/mol. The molecule has 0 aliphatic carbocycles. The highest BCUT2D eigenvalue weighted by Crippen LogP contribution is 2.22. The summed E-state index contributed by atoms with van der Waals surface area (Å²) in [6, 6.07) is 19.9. The van der Waals surface area contributed by atoms with E-state index in [1.807, 2.05) is 37.3 Å². The third kappa shape index (κ3) is 4.57. The van der Waals surface area contributed by atoms with Crippen LogP contribution in [0.2, 0.25) is 10.0 Å². The van der Waals surface area contributed by atoms with Gasteiger partial charge in [-0.1, -0.05) is 41.4 Å². The summed E-state index contributed by atoms with van der Waals surface area (Å²) in [5.74, 6) is 0.484. The van der Waals surface area contributed by atoms with Gasteiger partial charge in [-0.15, -0.1) is 0 Å². The zero-order valence-electron chi connectivity index (χ0n) is 14.1. The van der Waals surface area contributed by atoms with Crippen molar-refractivity contribution >= 4 is 34.8 Å². The summed E-state index contributed by atoms with van der Waals surface area (Å²) in [5, 5.41) is 4.19. The maximum atomic E-state index is 12.4. The molecule has 0 unspecified atom stereocenters. The smallest absolute Gasteiger partial charge is 0.255 e. The number of carbonyl (C=O) groups excluding carboxylic acids is 1. The first-order valence-corrected chi connectivity index (χ1v) is 8.82. The second-order valence-electron chi connectivity index (χ2n) is 5.82. The van der Waals surface area contributed by atoms with Gasteiger partial charge in [0.1, 0.15) is 12.4 Å². The molecule has 0 saturated carbocycles. The van der Waals surface area contributed by atoms with Crippen molar-refractivity contribution in [3.05, 3.63) is 93.5 Å². The number of ether oxygens (including phenoxy) is 1. The largest absolute Gasteiger partial charge is 0.489 e. The van der Waals surface area contributed by atoms with Gasteiger partial charge in [0.2, 0.25) is 0 Å². The normalized spacial score (nSPS) is 10.4. The van der Waals surface area contributed by atoms with Crippen LogP contribution in [-0.2, 0) is 6.61 Å². The molecule has 0 aliphatic rings. The fourth-order valence-corrected chi connectivity index (χ4v) is 2.86. The zero-order valence-corrected chi connectivity index (χ0v) is 15.6. The fraction of sp³-hybridized carbons (Fsp3) is 0.0952. The Kier molecular flexibility index (Phi) is 5.82. The van der Waals surface area contributed by atoms with E-state index in [0.29, 0.717) is 28.0 Å². The predicted molar refractivity (Wildman–Crippen MR) is 106 cm³/mol. The molecule has 0 heterocycles. The molecule has 0 atom stereocenters. The average Bonchev–Trinajstić information content (AvgIpc) is 2.64. The number of carbonyl (C=O) groups is 1. The Morgan fingerprint density at radius 1 is 1.00 bits per heavy atom. The lowest BCUT2D eigenvalue weighted by molar-refractivity contribution is 0.102. The summed E-state index contributed by atoms with van der Waals surface area (Å²) < 4.78 is 5.73. The van der Waals surface area contributed by atoms with E-state index in [0.717, 1.165) is 16.8 Å². The van der Waals surface area contributed by atoms with Crippen LogP contribution in [0.1, 0.15) is 21.5 Å². The van der Waals surface area contributed by atoms with Gasteiger partial charge in [0.25, 0.3) is 5.91 Å². The molecule has 0 saturated heterocycles. The van der Waals surface area contributed by atoms with Crippen LogP contribution in [0.5, 0.6) is 5.75 Å². The highest BCUT2D eigenvalue weighted by atomic mass is 35.5. The Balaban J connectivity index is 1.63. The van der Waals surface area contributed by atoms with Crippen LogP contribution >= 0.6 is 23.2 Å². The summed E-state index contributed by atoms with van der Waals surface area (Å²) in [7, 11) is 0. The van der Waals surface area contributed by atoms with Crippen molar-refractivity contribution in [3.63, 3.8) is 0 Å². The van der Waals surface area contributed by atoms with Gasteiger partial charge < -0.3 is 10.1 Å². The van der Waals surface area contributed by atoms with Crippen molar-refractivity contribution in [1.82, 2.24) is 0 Å². The van der Waals surface area contributed by atoms with Crippen molar-refractivity contribution in [2.24, 2.45) is 0 Å². The van der Waals surface area contributed by atoms with Gasteiger partial charge in [-0.3, -0.25) is 4.79 Å². The van der Waals surface area contributed by atoms with E-state index in [-0.39, 0.29) is 5.91 Å². The van der Waals surface area contributed by atoms with Crippen LogP contribution in [0, 0.1) is 6.92 Å². The number of amides is 1. The highest BCUT2D eigenvalue weighted by Gasteiger charge is 2.08. The second kappa shape index (κ2) is 8.26. The molecule has 1 N–H and O–H groups in total. The van der Waals surface area contributed by atoms with E-state index in [1.165, 1.54) is 0 Å². The first-order valence-electron chi connectivity index (χ1n) is 8.07. The second-order valence-corrected chi connectivity index (χ2v) is 6.66. The number of anilines is 1. The first kappa shape index (κ1) is 18.3. The van der Waals surface area contributed by atoms with E-state index in [1.54, 1.807) is 36.4 Å². The van der Waals surface area contributed by atoms with E-state index < -0.39 is 0 Å². The lowest BCUT2D eigenvalue weighted by Crippen LogP contribution is -2.12. The SMILES string of the molecule is Cc1cc(Cl)ccc1NC(=O)c1ccc(OCc2ccccc2Cl)cc1. The number of aryl methyl sites for hydroxylation is 1. The number of nitrogens with one attached hydrogen (secondary N) is 1. The Labute approximate surface area is 162 Å². The van der Waals surface area contributed by atoms with Gasteiger partial charge >= 0.3 is 0 Å². The van der Waals surface area contributed by atoms with Crippen molar-refractivity contribution in [2.75, 3.05) is 5.32 Å². The van der Waals surface area contributed by atoms with E-state index in [9.17, 15) is 4.79 Å². The molecule has 0 bridgehead atoms. The minimum atomic E-state index is -0.187. The van der Waals surface area contributed by atoms with Gasteiger partial charge in [0.05, 0.1) is 0 Å². The van der Waals surface area contributed by atoms with Crippen molar-refractivity contribution in [3.8, 4) is 5.75 Å². The highest BCUT2D eigenvalue weighted by molar-refractivity contribution is 6.31. The third-order valence-corrected chi connectivity index (χ3v) is 4.51. The van der Waals surface area contributed by atoms with Gasteiger partial charge in [0, 0.05) is 26.9 Å². The van der Waals surface area contributed by atoms with E-state index in [2.05, 4.69) is 5.32 Å². The summed E-state index contributed by atoms with van der Waals surface area (Å²) in [6.07, 6.45) is 0. The monoisotopic (exact) mass is 385 g/mol. The molecule has 3 aromatic rings. The molecule has 3 nitrogen and oxygen atoms in total. The Bertz CT molecular complexity index is 924. The zero-order chi connectivity index (χ0) is 18.5. The van der Waals surface area contributed by atoms with E-state index in [4.69, 9.17) is 27.9 Å². The minimum Gasteiger partial charge on any atom is -0.489 e. The third-order valence-electron chi connectivity index (χ3n) is 3.91. The van der Waals surface area contributed by atoms with Gasteiger partial charge in [-0.25, -0.2) is 0 Å². The number of benzene rings is 3. The Morgan fingerprint density at radius 3 is 2.42 bits per heavy atom.